The highest BCUT2D eigenvalue weighted by molar-refractivity contribution is 6.30. The van der Waals surface area contributed by atoms with Gasteiger partial charge in [0.1, 0.15) is 5.02 Å². The Morgan fingerprint density at radius 1 is 1.70 bits per heavy atom. The molecular weight excluding hydrogens is 150 g/mol. The SMILES string of the molecule is C=Cc1cc(=O)c(Cl)c[nH]1. The normalized spacial score (nSPS) is 9.30. The smallest absolute Gasteiger partial charge is 0.200 e. The Bertz CT molecular complexity index is 303. The fourth-order valence-electron chi connectivity index (χ4n) is 0.588. The summed E-state index contributed by atoms with van der Waals surface area (Å²) in [6.45, 7) is 3.49. The first-order valence-electron chi connectivity index (χ1n) is 2.74. The van der Waals surface area contributed by atoms with Crippen molar-refractivity contribution in [3.8, 4) is 0 Å². The maximum absolute atomic E-state index is 10.8. The molecule has 0 unspecified atom stereocenters. The number of hydrogen-bond acceptors (Lipinski definition) is 1. The summed E-state index contributed by atoms with van der Waals surface area (Å²) in [5, 5.41) is 0.200. The predicted octanol–water partition coefficient (Wildman–Crippen LogP) is 1.67. The molecule has 1 heterocycles. The summed E-state index contributed by atoms with van der Waals surface area (Å²) in [6, 6.07) is 1.40. The summed E-state index contributed by atoms with van der Waals surface area (Å²) in [4.78, 5) is 13.6. The van der Waals surface area contributed by atoms with E-state index in [1.165, 1.54) is 12.3 Å². The van der Waals surface area contributed by atoms with Gasteiger partial charge in [0.25, 0.3) is 0 Å². The van der Waals surface area contributed by atoms with Crippen LogP contribution in [-0.2, 0) is 0 Å². The Morgan fingerprint density at radius 3 is 2.90 bits per heavy atom. The summed E-state index contributed by atoms with van der Waals surface area (Å²) in [6.07, 6.45) is 3.00. The zero-order valence-corrected chi connectivity index (χ0v) is 5.98. The van der Waals surface area contributed by atoms with Gasteiger partial charge in [0.05, 0.1) is 0 Å². The molecule has 0 aliphatic heterocycles. The molecule has 0 aliphatic carbocycles. The van der Waals surface area contributed by atoms with Crippen molar-refractivity contribution < 1.29 is 0 Å². The number of aromatic amines is 1. The molecule has 0 spiro atoms. The van der Waals surface area contributed by atoms with Gasteiger partial charge in [0.15, 0.2) is 0 Å². The minimum absolute atomic E-state index is 0.185. The van der Waals surface area contributed by atoms with Crippen LogP contribution in [0.25, 0.3) is 6.08 Å². The number of nitrogens with one attached hydrogen (secondary N) is 1. The van der Waals surface area contributed by atoms with E-state index in [1.807, 2.05) is 0 Å². The highest BCUT2D eigenvalue weighted by Crippen LogP contribution is 1.99. The van der Waals surface area contributed by atoms with Crippen LogP contribution in [0.4, 0.5) is 0 Å². The molecule has 0 saturated heterocycles. The van der Waals surface area contributed by atoms with Crippen LogP contribution in [0.5, 0.6) is 0 Å². The molecule has 2 nitrogen and oxygen atoms in total. The molecule has 1 N–H and O–H groups in total. The Hall–Kier alpha value is -1.02. The van der Waals surface area contributed by atoms with Crippen molar-refractivity contribution in [2.75, 3.05) is 0 Å². The molecule has 3 heteroatoms. The monoisotopic (exact) mass is 155 g/mol. The maximum Gasteiger partial charge on any atom is 0.200 e. The Labute approximate surface area is 63.2 Å². The van der Waals surface area contributed by atoms with Gasteiger partial charge in [-0.2, -0.15) is 0 Å². The van der Waals surface area contributed by atoms with E-state index in [0.717, 1.165) is 0 Å². The highest BCUT2D eigenvalue weighted by Gasteiger charge is 1.93. The quantitative estimate of drug-likeness (QED) is 0.658. The lowest BCUT2D eigenvalue weighted by atomic mass is 10.3. The molecule has 1 rings (SSSR count). The topological polar surface area (TPSA) is 32.9 Å². The second-order valence-electron chi connectivity index (χ2n) is 1.80. The van der Waals surface area contributed by atoms with E-state index in [-0.39, 0.29) is 10.5 Å². The van der Waals surface area contributed by atoms with Gasteiger partial charge in [0.2, 0.25) is 5.43 Å². The van der Waals surface area contributed by atoms with Crippen molar-refractivity contribution in [2.45, 2.75) is 0 Å². The first-order valence-corrected chi connectivity index (χ1v) is 3.12. The summed E-state index contributed by atoms with van der Waals surface area (Å²) >= 11 is 5.46. The third kappa shape index (κ3) is 1.28. The van der Waals surface area contributed by atoms with Gasteiger partial charge in [-0.05, 0) is 6.08 Å². The number of rotatable bonds is 1. The van der Waals surface area contributed by atoms with Crippen molar-refractivity contribution in [3.63, 3.8) is 0 Å². The van der Waals surface area contributed by atoms with E-state index in [9.17, 15) is 4.79 Å². The third-order valence-electron chi connectivity index (χ3n) is 1.11. The van der Waals surface area contributed by atoms with E-state index in [2.05, 4.69) is 11.6 Å². The lowest BCUT2D eigenvalue weighted by molar-refractivity contribution is 1.27. The van der Waals surface area contributed by atoms with Crippen LogP contribution in [0.1, 0.15) is 5.69 Å². The maximum atomic E-state index is 10.8. The molecule has 1 aromatic rings. The number of H-pyrrole nitrogens is 1. The van der Waals surface area contributed by atoms with Crippen LogP contribution >= 0.6 is 11.6 Å². The average Bonchev–Trinajstić information content (AvgIpc) is 1.95. The first-order chi connectivity index (χ1) is 4.74. The van der Waals surface area contributed by atoms with Crippen molar-refractivity contribution in [3.05, 3.63) is 39.8 Å². The lowest BCUT2D eigenvalue weighted by Gasteiger charge is -1.91. The second-order valence-corrected chi connectivity index (χ2v) is 2.21. The van der Waals surface area contributed by atoms with Gasteiger partial charge in [-0.3, -0.25) is 4.79 Å². The molecule has 0 radical (unpaired) electrons. The minimum atomic E-state index is -0.185. The minimum Gasteiger partial charge on any atom is -0.360 e. The number of aromatic nitrogens is 1. The molecule has 0 aliphatic rings. The van der Waals surface area contributed by atoms with Crippen molar-refractivity contribution in [1.82, 2.24) is 4.98 Å². The van der Waals surface area contributed by atoms with Crippen molar-refractivity contribution in [1.29, 1.82) is 0 Å². The van der Waals surface area contributed by atoms with Gasteiger partial charge >= 0.3 is 0 Å². The highest BCUT2D eigenvalue weighted by atomic mass is 35.5. The van der Waals surface area contributed by atoms with E-state index in [4.69, 9.17) is 11.6 Å². The average molecular weight is 156 g/mol. The van der Waals surface area contributed by atoms with Gasteiger partial charge in [-0.25, -0.2) is 0 Å². The molecule has 0 atom stereocenters. The van der Waals surface area contributed by atoms with Gasteiger partial charge < -0.3 is 4.98 Å². The number of hydrogen-bond donors (Lipinski definition) is 1. The molecule has 0 bridgehead atoms. The molecule has 0 amide bonds. The summed E-state index contributed by atoms with van der Waals surface area (Å²) < 4.78 is 0. The van der Waals surface area contributed by atoms with Crippen LogP contribution in [-0.4, -0.2) is 4.98 Å². The Morgan fingerprint density at radius 2 is 2.40 bits per heavy atom. The van der Waals surface area contributed by atoms with E-state index >= 15 is 0 Å². The molecule has 10 heavy (non-hydrogen) atoms. The van der Waals surface area contributed by atoms with Crippen LogP contribution in [0.3, 0.4) is 0 Å². The van der Waals surface area contributed by atoms with E-state index in [0.29, 0.717) is 5.69 Å². The third-order valence-corrected chi connectivity index (χ3v) is 1.40. The zero-order valence-electron chi connectivity index (χ0n) is 5.23. The van der Waals surface area contributed by atoms with E-state index in [1.54, 1.807) is 6.08 Å². The van der Waals surface area contributed by atoms with Crippen molar-refractivity contribution >= 4 is 17.7 Å². The molecule has 1 aromatic heterocycles. The molecule has 0 fully saturated rings. The summed E-state index contributed by atoms with van der Waals surface area (Å²) in [7, 11) is 0. The van der Waals surface area contributed by atoms with Crippen LogP contribution in [0.15, 0.2) is 23.6 Å². The van der Waals surface area contributed by atoms with Crippen LogP contribution in [0.2, 0.25) is 5.02 Å². The molecular formula is C7H6ClNO. The first kappa shape index (κ1) is 7.09. The van der Waals surface area contributed by atoms with Crippen molar-refractivity contribution in [2.24, 2.45) is 0 Å². The van der Waals surface area contributed by atoms with Crippen LogP contribution < -0.4 is 5.43 Å². The summed E-state index contributed by atoms with van der Waals surface area (Å²) in [5.74, 6) is 0. The Balaban J connectivity index is 3.30. The molecule has 0 aromatic carbocycles. The second kappa shape index (κ2) is 2.71. The van der Waals surface area contributed by atoms with E-state index < -0.39 is 0 Å². The predicted molar refractivity (Wildman–Crippen MR) is 42.2 cm³/mol. The fourth-order valence-corrected chi connectivity index (χ4v) is 0.697. The summed E-state index contributed by atoms with van der Waals surface area (Å²) in [5.41, 5.74) is 0.490. The molecule has 52 valence electrons. The largest absolute Gasteiger partial charge is 0.360 e. The standard InChI is InChI=1S/C7H6ClNO/c1-2-5-3-7(10)6(8)4-9-5/h2-4H,1H2,(H,9,10). The molecule has 0 saturated carbocycles. The van der Waals surface area contributed by atoms with Gasteiger partial charge in [0, 0.05) is 18.0 Å². The number of pyridine rings is 1. The Kier molecular flexibility index (Phi) is 1.92. The number of halogens is 1. The zero-order chi connectivity index (χ0) is 7.56. The van der Waals surface area contributed by atoms with Gasteiger partial charge in [-0.1, -0.05) is 18.2 Å². The van der Waals surface area contributed by atoms with Gasteiger partial charge in [-0.15, -0.1) is 0 Å². The lowest BCUT2D eigenvalue weighted by Crippen LogP contribution is -2.00. The fraction of sp³-hybridized carbons (Fsp3) is 0. The van der Waals surface area contributed by atoms with Crippen LogP contribution in [0, 0.1) is 0 Å².